The molecule has 3 heteroatoms. The number of Topliss-reactive ketones (excluding diaryl/α,β-unsaturated/α-hetero) is 1. The lowest BCUT2D eigenvalue weighted by Gasteiger charge is -2.37. The van der Waals surface area contributed by atoms with Crippen molar-refractivity contribution in [2.45, 2.75) is 39.0 Å². The topological polar surface area (TPSA) is 17.1 Å². The van der Waals surface area contributed by atoms with Crippen LogP contribution in [0.25, 0.3) is 0 Å². The molecule has 1 aliphatic rings. The first kappa shape index (κ1) is 8.62. The number of halogens is 2. The number of carbonyl (C=O) groups is 1. The Labute approximate surface area is 64.8 Å². The molecule has 1 rings (SSSR count). The number of carbonyl (C=O) groups excluding carboxylic acids is 1. The maximum Gasteiger partial charge on any atom is 0.253 e. The van der Waals surface area contributed by atoms with Gasteiger partial charge in [0, 0.05) is 24.7 Å². The summed E-state index contributed by atoms with van der Waals surface area (Å²) in [5, 5.41) is 0. The van der Waals surface area contributed by atoms with Gasteiger partial charge in [-0.05, 0) is 0 Å². The zero-order chi connectivity index (χ0) is 8.70. The minimum atomic E-state index is -2.67. The maximum atomic E-state index is 13.0. The fourth-order valence-corrected chi connectivity index (χ4v) is 1.35. The van der Waals surface area contributed by atoms with Gasteiger partial charge in [0.25, 0.3) is 5.92 Å². The van der Waals surface area contributed by atoms with E-state index < -0.39 is 11.3 Å². The van der Waals surface area contributed by atoms with E-state index in [1.54, 1.807) is 0 Å². The molecule has 0 N–H and O–H groups in total. The molecule has 0 spiro atoms. The summed E-state index contributed by atoms with van der Waals surface area (Å²) in [4.78, 5) is 10.8. The van der Waals surface area contributed by atoms with E-state index in [4.69, 9.17) is 0 Å². The highest BCUT2D eigenvalue weighted by Crippen LogP contribution is 2.46. The van der Waals surface area contributed by atoms with Gasteiger partial charge < -0.3 is 0 Å². The van der Waals surface area contributed by atoms with Crippen molar-refractivity contribution in [2.75, 3.05) is 0 Å². The van der Waals surface area contributed by atoms with E-state index >= 15 is 0 Å². The van der Waals surface area contributed by atoms with Gasteiger partial charge in [0.2, 0.25) is 0 Å². The lowest BCUT2D eigenvalue weighted by atomic mass is 9.73. The number of alkyl halides is 2. The van der Waals surface area contributed by atoms with Crippen molar-refractivity contribution in [1.82, 2.24) is 0 Å². The zero-order valence-corrected chi connectivity index (χ0v) is 6.79. The predicted octanol–water partition coefficient (Wildman–Crippen LogP) is 2.40. The Kier molecular flexibility index (Phi) is 1.77. The van der Waals surface area contributed by atoms with Gasteiger partial charge in [-0.15, -0.1) is 0 Å². The van der Waals surface area contributed by atoms with Gasteiger partial charge in [-0.3, -0.25) is 4.79 Å². The van der Waals surface area contributed by atoms with Crippen LogP contribution >= 0.6 is 0 Å². The summed E-state index contributed by atoms with van der Waals surface area (Å²) < 4.78 is 26.0. The predicted molar refractivity (Wildman–Crippen MR) is 37.6 cm³/mol. The number of ketones is 1. The van der Waals surface area contributed by atoms with Crippen LogP contribution in [0.15, 0.2) is 0 Å². The molecule has 1 fully saturated rings. The van der Waals surface area contributed by atoms with Crippen molar-refractivity contribution in [3.05, 3.63) is 0 Å². The normalized spacial score (nSPS) is 28.5. The molecule has 1 aliphatic carbocycles. The fourth-order valence-electron chi connectivity index (χ4n) is 1.35. The van der Waals surface area contributed by atoms with Gasteiger partial charge in [-0.2, -0.15) is 0 Å². The molecule has 0 heterocycles. The third kappa shape index (κ3) is 1.42. The lowest BCUT2D eigenvalue weighted by molar-refractivity contribution is -0.154. The summed E-state index contributed by atoms with van der Waals surface area (Å²) in [7, 11) is 0. The van der Waals surface area contributed by atoms with Crippen LogP contribution in [-0.2, 0) is 4.79 Å². The van der Waals surface area contributed by atoms with Crippen molar-refractivity contribution in [3.8, 4) is 0 Å². The average Bonchev–Trinajstić information content (AvgIpc) is 1.80. The largest absolute Gasteiger partial charge is 0.300 e. The zero-order valence-electron chi connectivity index (χ0n) is 6.79. The first-order valence-corrected chi connectivity index (χ1v) is 3.75. The van der Waals surface area contributed by atoms with E-state index in [0.29, 0.717) is 0 Å². The number of rotatable bonds is 0. The Balaban J connectivity index is 2.80. The van der Waals surface area contributed by atoms with Crippen molar-refractivity contribution < 1.29 is 13.6 Å². The molecular formula is C8H12F2O. The highest BCUT2D eigenvalue weighted by molar-refractivity contribution is 5.80. The Morgan fingerprint density at radius 2 is 1.91 bits per heavy atom. The number of hydrogen-bond acceptors (Lipinski definition) is 1. The van der Waals surface area contributed by atoms with Crippen LogP contribution in [-0.4, -0.2) is 11.7 Å². The van der Waals surface area contributed by atoms with Crippen LogP contribution in [0.1, 0.15) is 33.1 Å². The van der Waals surface area contributed by atoms with Crippen LogP contribution in [0.3, 0.4) is 0 Å². The molecule has 1 saturated carbocycles. The van der Waals surface area contributed by atoms with Crippen molar-refractivity contribution >= 4 is 5.78 Å². The summed E-state index contributed by atoms with van der Waals surface area (Å²) in [5.41, 5.74) is -1.14. The summed E-state index contributed by atoms with van der Waals surface area (Å²) in [6, 6.07) is 0. The van der Waals surface area contributed by atoms with E-state index in [1.807, 2.05) is 0 Å². The van der Waals surface area contributed by atoms with Gasteiger partial charge in [0.15, 0.2) is 0 Å². The van der Waals surface area contributed by atoms with Gasteiger partial charge in [0.1, 0.15) is 5.78 Å². The SMILES string of the molecule is CC1(C)CC(=O)CCC1(F)F. The third-order valence-corrected chi connectivity index (χ3v) is 2.35. The Hall–Kier alpha value is -0.470. The minimum Gasteiger partial charge on any atom is -0.300 e. The van der Waals surface area contributed by atoms with E-state index in [2.05, 4.69) is 0 Å². The highest BCUT2D eigenvalue weighted by atomic mass is 19.3. The molecular weight excluding hydrogens is 150 g/mol. The minimum absolute atomic E-state index is 0.0139. The Morgan fingerprint density at radius 1 is 1.36 bits per heavy atom. The Bertz CT molecular complexity index is 185. The van der Waals surface area contributed by atoms with E-state index in [0.717, 1.165) is 0 Å². The second-order valence-corrected chi connectivity index (χ2v) is 3.80. The van der Waals surface area contributed by atoms with Crippen LogP contribution < -0.4 is 0 Å². The second-order valence-electron chi connectivity index (χ2n) is 3.80. The molecule has 1 nitrogen and oxygen atoms in total. The number of hydrogen-bond donors (Lipinski definition) is 0. The van der Waals surface area contributed by atoms with Gasteiger partial charge in [-0.25, -0.2) is 8.78 Å². The molecule has 0 unspecified atom stereocenters. The summed E-state index contributed by atoms with van der Waals surface area (Å²) in [6.07, 6.45) is -0.227. The molecule has 0 aromatic carbocycles. The summed E-state index contributed by atoms with van der Waals surface area (Å²) in [5.74, 6) is -2.71. The van der Waals surface area contributed by atoms with Gasteiger partial charge in [-0.1, -0.05) is 13.8 Å². The molecule has 11 heavy (non-hydrogen) atoms. The molecule has 0 radical (unpaired) electrons. The van der Waals surface area contributed by atoms with Crippen LogP contribution in [0, 0.1) is 5.41 Å². The molecule has 0 aliphatic heterocycles. The van der Waals surface area contributed by atoms with Crippen molar-refractivity contribution in [2.24, 2.45) is 5.41 Å². The van der Waals surface area contributed by atoms with Crippen molar-refractivity contribution in [3.63, 3.8) is 0 Å². The second kappa shape index (κ2) is 2.26. The standard InChI is InChI=1S/C8H12F2O/c1-7(2)5-6(11)3-4-8(7,9)10/h3-5H2,1-2H3. The van der Waals surface area contributed by atoms with E-state index in [-0.39, 0.29) is 25.0 Å². The van der Waals surface area contributed by atoms with Gasteiger partial charge >= 0.3 is 0 Å². The molecule has 0 aromatic heterocycles. The lowest BCUT2D eigenvalue weighted by Crippen LogP contribution is -2.42. The van der Waals surface area contributed by atoms with E-state index in [1.165, 1.54) is 13.8 Å². The summed E-state index contributed by atoms with van der Waals surface area (Å²) >= 11 is 0. The first-order chi connectivity index (χ1) is 4.85. The molecule has 64 valence electrons. The highest BCUT2D eigenvalue weighted by Gasteiger charge is 2.50. The molecule has 0 aromatic rings. The maximum absolute atomic E-state index is 13.0. The molecule has 0 saturated heterocycles. The molecule has 0 bridgehead atoms. The van der Waals surface area contributed by atoms with Crippen LogP contribution in [0.4, 0.5) is 8.78 Å². The van der Waals surface area contributed by atoms with Crippen LogP contribution in [0.5, 0.6) is 0 Å². The summed E-state index contributed by atoms with van der Waals surface area (Å²) in [6.45, 7) is 2.90. The first-order valence-electron chi connectivity index (χ1n) is 3.75. The molecule has 0 amide bonds. The Morgan fingerprint density at radius 3 is 2.27 bits per heavy atom. The fraction of sp³-hybridized carbons (Fsp3) is 0.875. The smallest absolute Gasteiger partial charge is 0.253 e. The monoisotopic (exact) mass is 162 g/mol. The van der Waals surface area contributed by atoms with Gasteiger partial charge in [0.05, 0.1) is 0 Å². The molecule has 0 atom stereocenters. The van der Waals surface area contributed by atoms with E-state index in [9.17, 15) is 13.6 Å². The third-order valence-electron chi connectivity index (χ3n) is 2.35. The van der Waals surface area contributed by atoms with Crippen LogP contribution in [0.2, 0.25) is 0 Å². The van der Waals surface area contributed by atoms with Crippen molar-refractivity contribution in [1.29, 1.82) is 0 Å². The average molecular weight is 162 g/mol. The quantitative estimate of drug-likeness (QED) is 0.534.